The van der Waals surface area contributed by atoms with E-state index in [0.29, 0.717) is 45.9 Å². The summed E-state index contributed by atoms with van der Waals surface area (Å²) in [7, 11) is 1.55. The number of hydrogen-bond donors (Lipinski definition) is 4. The molecule has 0 radical (unpaired) electrons. The number of nitrogens with one attached hydrogen (secondary N) is 4. The highest BCUT2D eigenvalue weighted by molar-refractivity contribution is 6.30. The number of methoxy groups -OCH3 is 1. The van der Waals surface area contributed by atoms with E-state index in [2.05, 4.69) is 25.9 Å². The molecule has 14 heteroatoms. The Morgan fingerprint density at radius 2 is 1.60 bits per heavy atom. The third-order valence-electron chi connectivity index (χ3n) is 7.07. The maximum atomic E-state index is 13.6. The molecule has 1 aliphatic rings. The van der Waals surface area contributed by atoms with E-state index in [1.807, 2.05) is 0 Å². The Hall–Kier alpha value is -4.65. The number of ether oxygens (including phenoxy) is 3. The fourth-order valence-electron chi connectivity index (χ4n) is 5.10. The molecule has 0 bridgehead atoms. The van der Waals surface area contributed by atoms with Crippen molar-refractivity contribution in [2.24, 2.45) is 0 Å². The molecule has 1 fully saturated rings. The number of carbonyl (C=O) groups is 3. The van der Waals surface area contributed by atoms with E-state index in [1.54, 1.807) is 91.1 Å². The molecule has 4 rings (SSSR count). The SMILES string of the molecule is COc1ccc2nc(NC(=O)c3ccc(Cl)cc3)nc(NC3CCCCC3N(C(=N)NC(=O)OC(C)(C)C)C(=O)OC(C)(C)C)c2c1. The lowest BCUT2D eigenvalue weighted by molar-refractivity contribution is 0.0260. The number of guanidine groups is 1. The Balaban J connectivity index is 1.71. The fraction of sp³-hybridized carbons (Fsp3) is 0.455. The molecule has 0 saturated heterocycles. The van der Waals surface area contributed by atoms with Crippen LogP contribution in [0.25, 0.3) is 10.9 Å². The van der Waals surface area contributed by atoms with Crippen LogP contribution >= 0.6 is 11.6 Å². The highest BCUT2D eigenvalue weighted by atomic mass is 35.5. The largest absolute Gasteiger partial charge is 0.497 e. The average Bonchev–Trinajstić information content (AvgIpc) is 2.96. The summed E-state index contributed by atoms with van der Waals surface area (Å²) < 4.78 is 16.5. The van der Waals surface area contributed by atoms with E-state index in [9.17, 15) is 14.4 Å². The molecule has 1 saturated carbocycles. The van der Waals surface area contributed by atoms with Crippen LogP contribution in [0, 0.1) is 5.41 Å². The van der Waals surface area contributed by atoms with Gasteiger partial charge in [-0.1, -0.05) is 24.4 Å². The van der Waals surface area contributed by atoms with Crippen molar-refractivity contribution in [3.05, 3.63) is 53.1 Å². The number of alkyl carbamates (subject to hydrolysis) is 1. The van der Waals surface area contributed by atoms with Crippen LogP contribution < -0.4 is 20.7 Å². The zero-order valence-electron chi connectivity index (χ0n) is 27.7. The summed E-state index contributed by atoms with van der Waals surface area (Å²) in [5.41, 5.74) is -0.772. The zero-order valence-corrected chi connectivity index (χ0v) is 28.4. The standard InChI is InChI=1S/C33H42ClN7O6/c1-32(2,3)46-30(43)40-28(35)41(31(44)47-33(4,5)6)25-11-9-8-10-24(25)36-26-22-18-21(45-7)16-17-23(22)37-29(38-26)39-27(42)19-12-14-20(34)15-13-19/h12-18,24-25H,8-11H2,1-7H3,(H2,35,40,43)(H2,36,37,38,39,42). The van der Waals surface area contributed by atoms with Crippen LogP contribution in [0.15, 0.2) is 42.5 Å². The van der Waals surface area contributed by atoms with E-state index >= 15 is 0 Å². The van der Waals surface area contributed by atoms with Gasteiger partial charge in [0.25, 0.3) is 5.91 Å². The van der Waals surface area contributed by atoms with Crippen molar-refractivity contribution in [1.82, 2.24) is 20.2 Å². The molecule has 47 heavy (non-hydrogen) atoms. The second-order valence-electron chi connectivity index (χ2n) is 13.2. The maximum absolute atomic E-state index is 13.6. The van der Waals surface area contributed by atoms with Gasteiger partial charge in [-0.2, -0.15) is 4.98 Å². The van der Waals surface area contributed by atoms with Crippen molar-refractivity contribution in [1.29, 1.82) is 5.41 Å². The van der Waals surface area contributed by atoms with Gasteiger partial charge in [-0.3, -0.25) is 20.8 Å². The van der Waals surface area contributed by atoms with Gasteiger partial charge >= 0.3 is 12.2 Å². The smallest absolute Gasteiger partial charge is 0.417 e. The molecule has 252 valence electrons. The molecular weight excluding hydrogens is 626 g/mol. The van der Waals surface area contributed by atoms with Gasteiger partial charge in [0.05, 0.1) is 18.7 Å². The summed E-state index contributed by atoms with van der Waals surface area (Å²) in [6, 6.07) is 10.6. The summed E-state index contributed by atoms with van der Waals surface area (Å²) in [6.07, 6.45) is 1.04. The summed E-state index contributed by atoms with van der Waals surface area (Å²) in [6.45, 7) is 10.3. The van der Waals surface area contributed by atoms with E-state index in [-0.39, 0.29) is 5.95 Å². The highest BCUT2D eigenvalue weighted by Crippen LogP contribution is 2.32. The van der Waals surface area contributed by atoms with Gasteiger partial charge < -0.3 is 19.5 Å². The Morgan fingerprint density at radius 1 is 0.936 bits per heavy atom. The molecule has 2 unspecified atom stereocenters. The van der Waals surface area contributed by atoms with Crippen LogP contribution in [0.4, 0.5) is 21.4 Å². The fourth-order valence-corrected chi connectivity index (χ4v) is 5.23. The lowest BCUT2D eigenvalue weighted by atomic mass is 9.89. The number of carbonyl (C=O) groups excluding carboxylic acids is 3. The van der Waals surface area contributed by atoms with Gasteiger partial charge in [0, 0.05) is 22.0 Å². The molecule has 4 N–H and O–H groups in total. The minimum Gasteiger partial charge on any atom is -0.497 e. The molecule has 1 aliphatic carbocycles. The molecule has 0 spiro atoms. The lowest BCUT2D eigenvalue weighted by Crippen LogP contribution is -2.58. The minimum absolute atomic E-state index is 0.0563. The molecule has 2 aromatic carbocycles. The van der Waals surface area contributed by atoms with Crippen LogP contribution in [0.5, 0.6) is 5.75 Å². The minimum atomic E-state index is -0.869. The monoisotopic (exact) mass is 667 g/mol. The summed E-state index contributed by atoms with van der Waals surface area (Å²) in [5.74, 6) is 0.112. The number of fused-ring (bicyclic) bond motifs is 1. The van der Waals surface area contributed by atoms with Crippen molar-refractivity contribution in [2.75, 3.05) is 17.7 Å². The predicted molar refractivity (Wildman–Crippen MR) is 180 cm³/mol. The number of anilines is 2. The molecule has 0 aliphatic heterocycles. The first-order valence-electron chi connectivity index (χ1n) is 15.3. The summed E-state index contributed by atoms with van der Waals surface area (Å²) >= 11 is 5.99. The third-order valence-corrected chi connectivity index (χ3v) is 7.32. The maximum Gasteiger partial charge on any atom is 0.417 e. The first kappa shape index (κ1) is 35.2. The second-order valence-corrected chi connectivity index (χ2v) is 13.6. The summed E-state index contributed by atoms with van der Waals surface area (Å²) in [5, 5.41) is 18.5. The Labute approximate surface area is 279 Å². The Morgan fingerprint density at radius 3 is 2.23 bits per heavy atom. The normalized spacial score (nSPS) is 16.5. The molecule has 13 nitrogen and oxygen atoms in total. The number of halogens is 1. The van der Waals surface area contributed by atoms with E-state index in [4.69, 9.17) is 31.2 Å². The first-order chi connectivity index (χ1) is 22.0. The number of nitrogens with zero attached hydrogens (tertiary/aromatic N) is 3. The predicted octanol–water partition coefficient (Wildman–Crippen LogP) is 6.96. The molecule has 3 aromatic rings. The molecular formula is C33H42ClN7O6. The average molecular weight is 668 g/mol. The number of hydrogen-bond acceptors (Lipinski definition) is 10. The van der Waals surface area contributed by atoms with Crippen LogP contribution in [0.1, 0.15) is 77.6 Å². The zero-order chi connectivity index (χ0) is 34.5. The van der Waals surface area contributed by atoms with Gasteiger partial charge in [-0.15, -0.1) is 0 Å². The molecule has 1 aromatic heterocycles. The van der Waals surface area contributed by atoms with Gasteiger partial charge in [-0.05, 0) is 96.8 Å². The summed E-state index contributed by atoms with van der Waals surface area (Å²) in [4.78, 5) is 49.7. The number of benzene rings is 2. The van der Waals surface area contributed by atoms with Gasteiger partial charge in [0.15, 0.2) is 0 Å². The van der Waals surface area contributed by atoms with Crippen molar-refractivity contribution >= 4 is 58.3 Å². The Bertz CT molecular complexity index is 1640. The highest BCUT2D eigenvalue weighted by Gasteiger charge is 2.39. The molecule has 2 atom stereocenters. The quantitative estimate of drug-likeness (QED) is 0.160. The Kier molecular flexibility index (Phi) is 10.8. The van der Waals surface area contributed by atoms with Crippen molar-refractivity contribution in [3.8, 4) is 5.75 Å². The van der Waals surface area contributed by atoms with Crippen molar-refractivity contribution in [3.63, 3.8) is 0 Å². The van der Waals surface area contributed by atoms with Crippen LogP contribution in [-0.2, 0) is 9.47 Å². The van der Waals surface area contributed by atoms with Gasteiger partial charge in [0.2, 0.25) is 11.9 Å². The van der Waals surface area contributed by atoms with Gasteiger partial charge in [0.1, 0.15) is 22.8 Å². The third kappa shape index (κ3) is 9.67. The second kappa shape index (κ2) is 14.4. The van der Waals surface area contributed by atoms with Gasteiger partial charge in [-0.25, -0.2) is 19.5 Å². The number of aromatic nitrogens is 2. The van der Waals surface area contributed by atoms with Crippen LogP contribution in [0.3, 0.4) is 0 Å². The van der Waals surface area contributed by atoms with E-state index < -0.39 is 47.3 Å². The molecule has 1 heterocycles. The van der Waals surface area contributed by atoms with Crippen molar-refractivity contribution < 1.29 is 28.6 Å². The number of rotatable bonds is 6. The van der Waals surface area contributed by atoms with Crippen molar-refractivity contribution in [2.45, 2.75) is 90.5 Å². The van der Waals surface area contributed by atoms with Crippen LogP contribution in [0.2, 0.25) is 5.02 Å². The number of amides is 3. The van der Waals surface area contributed by atoms with Crippen LogP contribution in [-0.4, -0.2) is 69.3 Å². The van der Waals surface area contributed by atoms with E-state index in [0.717, 1.165) is 17.7 Å². The topological polar surface area (TPSA) is 168 Å². The first-order valence-corrected chi connectivity index (χ1v) is 15.7. The van der Waals surface area contributed by atoms with E-state index in [1.165, 1.54) is 0 Å². The lowest BCUT2D eigenvalue weighted by Gasteiger charge is -2.40. The molecule has 3 amide bonds.